The van der Waals surface area contributed by atoms with Gasteiger partial charge in [-0.3, -0.25) is 10.2 Å². The molecule has 7 heteroatoms. The number of hydrogen-bond donors (Lipinski definition) is 4. The second-order valence-electron chi connectivity index (χ2n) is 6.74. The van der Waals surface area contributed by atoms with E-state index in [0.29, 0.717) is 18.0 Å². The van der Waals surface area contributed by atoms with Crippen molar-refractivity contribution in [1.29, 1.82) is 5.26 Å². The number of hydrazine groups is 1. The number of nitrogens with zero attached hydrogens (tertiary/aromatic N) is 2. The zero-order valence-corrected chi connectivity index (χ0v) is 13.2. The predicted molar refractivity (Wildman–Crippen MR) is 88.5 cm³/mol. The summed E-state index contributed by atoms with van der Waals surface area (Å²) >= 11 is 0. The van der Waals surface area contributed by atoms with Crippen LogP contribution < -0.4 is 16.6 Å². The fraction of sp³-hybridized carbons (Fsp3) is 0.471. The Balaban J connectivity index is 1.63. The van der Waals surface area contributed by atoms with Gasteiger partial charge < -0.3 is 10.7 Å². The highest BCUT2D eigenvalue weighted by Gasteiger charge is 2.42. The van der Waals surface area contributed by atoms with Gasteiger partial charge in [-0.1, -0.05) is 0 Å². The topological polar surface area (TPSA) is 120 Å². The number of aromatic amines is 1. The van der Waals surface area contributed by atoms with Crippen molar-refractivity contribution in [2.75, 3.05) is 6.54 Å². The van der Waals surface area contributed by atoms with Crippen LogP contribution in [0.25, 0.3) is 11.0 Å². The number of nitriles is 1. The molecule has 2 aromatic rings. The van der Waals surface area contributed by atoms with Gasteiger partial charge in [-0.05, 0) is 42.7 Å². The van der Waals surface area contributed by atoms with Crippen LogP contribution in [0, 0.1) is 23.2 Å². The van der Waals surface area contributed by atoms with Gasteiger partial charge in [0, 0.05) is 36.3 Å². The summed E-state index contributed by atoms with van der Waals surface area (Å²) in [5.41, 5.74) is 14.2. The van der Waals surface area contributed by atoms with Crippen LogP contribution in [0.2, 0.25) is 0 Å². The minimum atomic E-state index is 0.0367. The first kappa shape index (κ1) is 15.1. The first-order valence-electron chi connectivity index (χ1n) is 8.34. The number of fused-ring (bicyclic) bond motifs is 2. The molecule has 1 aliphatic heterocycles. The number of carbonyl (C=O) groups is 1. The van der Waals surface area contributed by atoms with Crippen LogP contribution in [0.1, 0.15) is 36.3 Å². The molecule has 3 heterocycles. The van der Waals surface area contributed by atoms with Crippen LogP contribution in [0.15, 0.2) is 18.5 Å². The molecule has 124 valence electrons. The molecule has 4 rings (SSSR count). The van der Waals surface area contributed by atoms with Gasteiger partial charge in [0.25, 0.3) is 0 Å². The third-order valence-corrected chi connectivity index (χ3v) is 5.53. The standard InChI is InChI=1S/C17H20N6O/c18-5-11-8-21-16-13(11)4-10(7-20-16)9-1-2-12-14(3-9)15(6-19)22-23-17(12)24/h4,7-9,12,14-15,22H,1-3,6,19H2,(H,20,21)(H,23,24). The van der Waals surface area contributed by atoms with E-state index in [4.69, 9.17) is 5.73 Å². The molecule has 0 aromatic carbocycles. The normalized spacial score (nSPS) is 29.8. The number of aromatic nitrogens is 2. The van der Waals surface area contributed by atoms with Gasteiger partial charge >= 0.3 is 0 Å². The van der Waals surface area contributed by atoms with Gasteiger partial charge in [-0.15, -0.1) is 0 Å². The Bertz CT molecular complexity index is 822. The second kappa shape index (κ2) is 5.89. The van der Waals surface area contributed by atoms with Crippen LogP contribution in [0.5, 0.6) is 0 Å². The number of amides is 1. The molecule has 4 unspecified atom stereocenters. The summed E-state index contributed by atoms with van der Waals surface area (Å²) in [5, 5.41) is 10.1. The summed E-state index contributed by atoms with van der Waals surface area (Å²) in [7, 11) is 0. The van der Waals surface area contributed by atoms with Gasteiger partial charge in [-0.25, -0.2) is 10.4 Å². The van der Waals surface area contributed by atoms with E-state index < -0.39 is 0 Å². The molecular weight excluding hydrogens is 304 g/mol. The fourth-order valence-corrected chi connectivity index (χ4v) is 4.21. The van der Waals surface area contributed by atoms with Crippen LogP contribution in [0.4, 0.5) is 0 Å². The number of nitrogens with one attached hydrogen (secondary N) is 3. The molecule has 1 amide bonds. The molecule has 2 aromatic heterocycles. The van der Waals surface area contributed by atoms with Crippen molar-refractivity contribution >= 4 is 16.9 Å². The Hall–Kier alpha value is -2.43. The molecule has 1 saturated carbocycles. The number of nitrogens with two attached hydrogens (primary N) is 1. The van der Waals surface area contributed by atoms with E-state index in [0.717, 1.165) is 35.9 Å². The van der Waals surface area contributed by atoms with Crippen molar-refractivity contribution in [1.82, 2.24) is 20.8 Å². The lowest BCUT2D eigenvalue weighted by molar-refractivity contribution is -0.133. The molecular formula is C17H20N6O. The molecule has 5 N–H and O–H groups in total. The van der Waals surface area contributed by atoms with E-state index in [1.807, 2.05) is 6.20 Å². The summed E-state index contributed by atoms with van der Waals surface area (Å²) in [5.74, 6) is 0.690. The third kappa shape index (κ3) is 2.35. The Morgan fingerprint density at radius 1 is 1.42 bits per heavy atom. The molecule has 0 bridgehead atoms. The fourth-order valence-electron chi connectivity index (χ4n) is 4.21. The van der Waals surface area contributed by atoms with E-state index in [-0.39, 0.29) is 23.8 Å². The monoisotopic (exact) mass is 324 g/mol. The zero-order valence-electron chi connectivity index (χ0n) is 13.2. The quantitative estimate of drug-likeness (QED) is 0.654. The van der Waals surface area contributed by atoms with Crippen molar-refractivity contribution in [3.8, 4) is 6.07 Å². The van der Waals surface area contributed by atoms with Crippen molar-refractivity contribution in [2.24, 2.45) is 17.6 Å². The Labute approximate surface area is 139 Å². The van der Waals surface area contributed by atoms with Gasteiger partial charge in [-0.2, -0.15) is 5.26 Å². The van der Waals surface area contributed by atoms with E-state index >= 15 is 0 Å². The first-order valence-corrected chi connectivity index (χ1v) is 8.34. The largest absolute Gasteiger partial charge is 0.345 e. The molecule has 2 fully saturated rings. The van der Waals surface area contributed by atoms with E-state index in [1.54, 1.807) is 6.20 Å². The number of hydrogen-bond acceptors (Lipinski definition) is 5. The zero-order chi connectivity index (χ0) is 16.7. The Kier molecular flexibility index (Phi) is 3.71. The highest BCUT2D eigenvalue weighted by atomic mass is 16.2. The van der Waals surface area contributed by atoms with Gasteiger partial charge in [0.1, 0.15) is 11.7 Å². The first-order chi connectivity index (χ1) is 11.7. The molecule has 24 heavy (non-hydrogen) atoms. The van der Waals surface area contributed by atoms with Crippen LogP contribution in [-0.2, 0) is 4.79 Å². The highest BCUT2D eigenvalue weighted by molar-refractivity contribution is 5.83. The summed E-state index contributed by atoms with van der Waals surface area (Å²) in [6.45, 7) is 0.502. The number of pyridine rings is 1. The highest BCUT2D eigenvalue weighted by Crippen LogP contribution is 2.42. The molecule has 0 radical (unpaired) electrons. The summed E-state index contributed by atoms with van der Waals surface area (Å²) in [6, 6.07) is 4.37. The lowest BCUT2D eigenvalue weighted by atomic mass is 9.68. The lowest BCUT2D eigenvalue weighted by Crippen LogP contribution is -2.62. The van der Waals surface area contributed by atoms with E-state index in [1.165, 1.54) is 0 Å². The molecule has 4 atom stereocenters. The van der Waals surface area contributed by atoms with Crippen LogP contribution in [-0.4, -0.2) is 28.5 Å². The summed E-state index contributed by atoms with van der Waals surface area (Å²) < 4.78 is 0. The second-order valence-corrected chi connectivity index (χ2v) is 6.74. The lowest BCUT2D eigenvalue weighted by Gasteiger charge is -2.43. The number of rotatable bonds is 2. The molecule has 1 aliphatic carbocycles. The SMILES string of the molecule is N#Cc1c[nH]c2ncc(C3CCC4C(=O)NNC(CN)C4C3)cc12. The minimum absolute atomic E-state index is 0.0367. The summed E-state index contributed by atoms with van der Waals surface area (Å²) in [4.78, 5) is 19.6. The number of H-pyrrole nitrogens is 1. The van der Waals surface area contributed by atoms with Crippen molar-refractivity contribution in [3.05, 3.63) is 29.6 Å². The average Bonchev–Trinajstić information content (AvgIpc) is 3.04. The van der Waals surface area contributed by atoms with Crippen LogP contribution in [0.3, 0.4) is 0 Å². The van der Waals surface area contributed by atoms with Gasteiger partial charge in [0.2, 0.25) is 5.91 Å². The van der Waals surface area contributed by atoms with E-state index in [2.05, 4.69) is 33.0 Å². The van der Waals surface area contributed by atoms with Crippen molar-refractivity contribution in [3.63, 3.8) is 0 Å². The van der Waals surface area contributed by atoms with Gasteiger partial charge in [0.15, 0.2) is 0 Å². The molecule has 0 spiro atoms. The molecule has 1 saturated heterocycles. The van der Waals surface area contributed by atoms with Crippen molar-refractivity contribution < 1.29 is 4.79 Å². The average molecular weight is 324 g/mol. The smallest absolute Gasteiger partial charge is 0.237 e. The van der Waals surface area contributed by atoms with Gasteiger partial charge in [0.05, 0.1) is 5.56 Å². The maximum Gasteiger partial charge on any atom is 0.237 e. The third-order valence-electron chi connectivity index (χ3n) is 5.53. The Morgan fingerprint density at radius 3 is 3.08 bits per heavy atom. The summed E-state index contributed by atoms with van der Waals surface area (Å²) in [6.07, 6.45) is 6.30. The predicted octanol–water partition coefficient (Wildman–Crippen LogP) is 0.896. The van der Waals surface area contributed by atoms with Crippen molar-refractivity contribution in [2.45, 2.75) is 31.2 Å². The van der Waals surface area contributed by atoms with E-state index in [9.17, 15) is 10.1 Å². The maximum atomic E-state index is 12.1. The Morgan fingerprint density at radius 2 is 2.29 bits per heavy atom. The van der Waals surface area contributed by atoms with Crippen LogP contribution >= 0.6 is 0 Å². The maximum absolute atomic E-state index is 12.1. The molecule has 2 aliphatic rings. The minimum Gasteiger partial charge on any atom is -0.345 e. The number of carbonyl (C=O) groups excluding carboxylic acids is 1. The molecule has 7 nitrogen and oxygen atoms in total.